The molecule has 0 spiro atoms. The van der Waals surface area contributed by atoms with E-state index in [-0.39, 0.29) is 5.56 Å². The van der Waals surface area contributed by atoms with Gasteiger partial charge in [0.25, 0.3) is 0 Å². The van der Waals surface area contributed by atoms with E-state index in [0.717, 1.165) is 16.9 Å². The van der Waals surface area contributed by atoms with E-state index in [4.69, 9.17) is 23.2 Å². The molecular formula is C18H19ClN4O2. The highest BCUT2D eigenvalue weighted by molar-refractivity contribution is 6.30. The van der Waals surface area contributed by atoms with E-state index in [1.165, 1.54) is 0 Å². The van der Waals surface area contributed by atoms with Crippen LogP contribution in [0.1, 0.15) is 22.8 Å². The number of anilines is 2. The molecule has 0 atom stereocenters. The van der Waals surface area contributed by atoms with Crippen molar-refractivity contribution >= 4 is 34.6 Å². The number of nitrogens with two attached hydrogens (primary N) is 2. The zero-order valence-electron chi connectivity index (χ0n) is 13.7. The van der Waals surface area contributed by atoms with Crippen molar-refractivity contribution in [3.63, 3.8) is 0 Å². The predicted molar refractivity (Wildman–Crippen MR) is 99.5 cm³/mol. The molecule has 0 amide bonds. The summed E-state index contributed by atoms with van der Waals surface area (Å²) >= 11 is 5.99. The van der Waals surface area contributed by atoms with Crippen LogP contribution in [0.5, 0.6) is 0 Å². The van der Waals surface area contributed by atoms with Crippen molar-refractivity contribution in [1.82, 2.24) is 5.01 Å². The van der Waals surface area contributed by atoms with Gasteiger partial charge >= 0.3 is 5.97 Å². The topological polar surface area (TPSA) is 95.8 Å². The average molecular weight is 359 g/mol. The first-order valence-electron chi connectivity index (χ1n) is 7.78. The Morgan fingerprint density at radius 3 is 2.44 bits per heavy atom. The number of hydrazine groups is 1. The molecule has 25 heavy (non-hydrogen) atoms. The summed E-state index contributed by atoms with van der Waals surface area (Å²) in [6, 6.07) is 12.3. The van der Waals surface area contributed by atoms with E-state index >= 15 is 0 Å². The number of hydrogen-bond donors (Lipinski definition) is 3. The fraction of sp³-hybridized carbons (Fsp3) is 0.167. The molecule has 130 valence electrons. The van der Waals surface area contributed by atoms with Gasteiger partial charge in [-0.25, -0.2) is 10.6 Å². The van der Waals surface area contributed by atoms with Crippen LogP contribution in [0.15, 0.2) is 48.2 Å². The molecule has 0 unspecified atom stereocenters. The molecule has 3 rings (SSSR count). The molecule has 1 aliphatic heterocycles. The van der Waals surface area contributed by atoms with Gasteiger partial charge in [0.15, 0.2) is 0 Å². The molecule has 6 nitrogen and oxygen atoms in total. The van der Waals surface area contributed by atoms with Crippen molar-refractivity contribution in [2.24, 2.45) is 11.6 Å². The van der Waals surface area contributed by atoms with Gasteiger partial charge in [0.05, 0.1) is 23.5 Å². The number of nitrogens with zero attached hydrogens (tertiary/aromatic N) is 2. The van der Waals surface area contributed by atoms with Gasteiger partial charge in [-0.3, -0.25) is 0 Å². The molecular weight excluding hydrogens is 340 g/mol. The Morgan fingerprint density at radius 2 is 1.84 bits per heavy atom. The van der Waals surface area contributed by atoms with Gasteiger partial charge in [-0.05, 0) is 49.4 Å². The number of hydrogen-bond acceptors (Lipinski definition) is 5. The van der Waals surface area contributed by atoms with E-state index in [1.807, 2.05) is 17.0 Å². The van der Waals surface area contributed by atoms with Crippen molar-refractivity contribution < 1.29 is 9.90 Å². The molecule has 7 heteroatoms. The Labute approximate surface area is 150 Å². The maximum absolute atomic E-state index is 11.4. The maximum Gasteiger partial charge on any atom is 0.335 e. The van der Waals surface area contributed by atoms with Gasteiger partial charge in [-0.15, -0.1) is 0 Å². The van der Waals surface area contributed by atoms with Crippen LogP contribution in [-0.2, 0) is 0 Å². The quantitative estimate of drug-likeness (QED) is 0.714. The van der Waals surface area contributed by atoms with Gasteiger partial charge in [-0.2, -0.15) is 0 Å². The second-order valence-electron chi connectivity index (χ2n) is 5.89. The van der Waals surface area contributed by atoms with Crippen LogP contribution in [0.2, 0.25) is 5.02 Å². The molecule has 0 saturated heterocycles. The molecule has 0 radical (unpaired) electrons. The molecule has 1 aliphatic rings. The smallest absolute Gasteiger partial charge is 0.335 e. The highest BCUT2D eigenvalue weighted by Crippen LogP contribution is 2.37. The molecule has 2 aromatic rings. The minimum absolute atomic E-state index is 0.206. The number of rotatable bonds is 2. The molecule has 0 bridgehead atoms. The molecule has 2 aromatic carbocycles. The Kier molecular flexibility index (Phi) is 4.57. The van der Waals surface area contributed by atoms with Gasteiger partial charge in [-0.1, -0.05) is 11.6 Å². The Balaban J connectivity index is 2.23. The monoisotopic (exact) mass is 358 g/mol. The van der Waals surface area contributed by atoms with E-state index < -0.39 is 5.97 Å². The van der Waals surface area contributed by atoms with Crippen LogP contribution in [0.3, 0.4) is 0 Å². The number of carboxylic acid groups (broad SMARTS) is 1. The van der Waals surface area contributed by atoms with Gasteiger partial charge < -0.3 is 20.7 Å². The minimum atomic E-state index is -0.984. The summed E-state index contributed by atoms with van der Waals surface area (Å²) in [5.41, 5.74) is 9.96. The van der Waals surface area contributed by atoms with Crippen LogP contribution in [0.4, 0.5) is 11.4 Å². The average Bonchev–Trinajstić information content (AvgIpc) is 2.71. The first kappa shape index (κ1) is 17.1. The highest BCUT2D eigenvalue weighted by Gasteiger charge is 2.25. The zero-order chi connectivity index (χ0) is 18.1. The first-order valence-corrected chi connectivity index (χ1v) is 8.15. The van der Waals surface area contributed by atoms with E-state index in [2.05, 4.69) is 0 Å². The van der Waals surface area contributed by atoms with E-state index in [0.29, 0.717) is 29.5 Å². The van der Waals surface area contributed by atoms with Crippen LogP contribution < -0.4 is 16.5 Å². The Morgan fingerprint density at radius 1 is 1.16 bits per heavy atom. The van der Waals surface area contributed by atoms with Crippen LogP contribution in [0.25, 0.3) is 5.70 Å². The van der Waals surface area contributed by atoms with Crippen LogP contribution >= 0.6 is 11.6 Å². The zero-order valence-corrected chi connectivity index (χ0v) is 14.5. The second-order valence-corrected chi connectivity index (χ2v) is 6.33. The number of carboxylic acids is 1. The maximum atomic E-state index is 11.4. The third-order valence-electron chi connectivity index (χ3n) is 4.15. The van der Waals surface area contributed by atoms with E-state index in [1.54, 1.807) is 42.3 Å². The third kappa shape index (κ3) is 3.26. The predicted octanol–water partition coefficient (Wildman–Crippen LogP) is 3.01. The summed E-state index contributed by atoms with van der Waals surface area (Å²) in [5.74, 6) is 5.20. The lowest BCUT2D eigenvalue weighted by atomic mass is 10.0. The molecule has 0 saturated carbocycles. The Hall–Kier alpha value is -2.70. The molecule has 5 N–H and O–H groups in total. The molecule has 0 aromatic heterocycles. The normalized spacial score (nSPS) is 16.3. The summed E-state index contributed by atoms with van der Waals surface area (Å²) in [7, 11) is 0. The Bertz CT molecular complexity index is 845. The van der Waals surface area contributed by atoms with Crippen molar-refractivity contribution in [3.05, 3.63) is 64.3 Å². The second kappa shape index (κ2) is 6.66. The summed E-state index contributed by atoms with van der Waals surface area (Å²) < 4.78 is 0. The standard InChI is InChI=1S/C18H19ClN4O2/c1-11(20)17-15-7-2-12(18(24)25)10-16(15)22(8-9-23(17)21)14-5-3-13(19)4-6-14/h2-7,10H,8-9,20-21H2,1H3,(H,24,25)/b17-11-. The van der Waals surface area contributed by atoms with Gasteiger partial charge in [0.1, 0.15) is 0 Å². The number of benzene rings is 2. The van der Waals surface area contributed by atoms with Crippen molar-refractivity contribution in [3.8, 4) is 0 Å². The van der Waals surface area contributed by atoms with Crippen LogP contribution in [0, 0.1) is 0 Å². The lowest BCUT2D eigenvalue weighted by molar-refractivity contribution is 0.0697. The minimum Gasteiger partial charge on any atom is -0.478 e. The summed E-state index contributed by atoms with van der Waals surface area (Å²) in [6.07, 6.45) is 0. The van der Waals surface area contributed by atoms with Crippen molar-refractivity contribution in [2.75, 3.05) is 18.0 Å². The first-order chi connectivity index (χ1) is 11.9. The van der Waals surface area contributed by atoms with Crippen molar-refractivity contribution in [2.45, 2.75) is 6.92 Å². The number of allylic oxidation sites excluding steroid dienone is 1. The highest BCUT2D eigenvalue weighted by atomic mass is 35.5. The number of aromatic carboxylic acids is 1. The summed E-state index contributed by atoms with van der Waals surface area (Å²) in [4.78, 5) is 13.5. The van der Waals surface area contributed by atoms with Gasteiger partial charge in [0, 0.05) is 28.5 Å². The van der Waals surface area contributed by atoms with E-state index in [9.17, 15) is 9.90 Å². The summed E-state index contributed by atoms with van der Waals surface area (Å²) in [6.45, 7) is 2.89. The number of carbonyl (C=O) groups is 1. The van der Waals surface area contributed by atoms with Crippen LogP contribution in [-0.4, -0.2) is 29.2 Å². The largest absolute Gasteiger partial charge is 0.478 e. The van der Waals surface area contributed by atoms with Gasteiger partial charge in [0.2, 0.25) is 0 Å². The molecule has 0 aliphatic carbocycles. The fourth-order valence-corrected chi connectivity index (χ4v) is 3.14. The summed E-state index contributed by atoms with van der Waals surface area (Å²) in [5, 5.41) is 11.6. The van der Waals surface area contributed by atoms with Crippen molar-refractivity contribution in [1.29, 1.82) is 0 Å². The lowest BCUT2D eigenvalue weighted by Gasteiger charge is -2.25. The third-order valence-corrected chi connectivity index (χ3v) is 4.41. The number of halogens is 1. The fourth-order valence-electron chi connectivity index (χ4n) is 3.01. The SMILES string of the molecule is C/C(N)=C1\c2ccc(C(=O)O)cc2N(c2ccc(Cl)cc2)CCN1N. The lowest BCUT2D eigenvalue weighted by Crippen LogP contribution is -2.34. The molecule has 0 fully saturated rings. The molecule has 1 heterocycles. The number of fused-ring (bicyclic) bond motifs is 1.